The third-order valence-electron chi connectivity index (χ3n) is 5.22. The molecule has 0 radical (unpaired) electrons. The van der Waals surface area contributed by atoms with E-state index in [0.717, 1.165) is 11.3 Å². The van der Waals surface area contributed by atoms with Crippen molar-refractivity contribution in [1.29, 1.82) is 0 Å². The molecule has 7 nitrogen and oxygen atoms in total. The number of nitrogens with one attached hydrogen (secondary N) is 1. The van der Waals surface area contributed by atoms with Gasteiger partial charge in [0.25, 0.3) is 0 Å². The van der Waals surface area contributed by atoms with Crippen molar-refractivity contribution in [2.75, 3.05) is 32.6 Å². The zero-order valence-electron chi connectivity index (χ0n) is 16.8. The molecule has 2 aromatic carbocycles. The lowest BCUT2D eigenvalue weighted by Crippen LogP contribution is -2.41. The average Bonchev–Trinajstić information content (AvgIpc) is 2.74. The Bertz CT molecular complexity index is 982. The number of para-hydroxylation sites is 1. The van der Waals surface area contributed by atoms with Crippen LogP contribution in [0.5, 0.6) is 11.5 Å². The predicted molar refractivity (Wildman–Crippen MR) is 111 cm³/mol. The molecule has 3 rings (SSSR count). The van der Waals surface area contributed by atoms with Crippen LogP contribution in [-0.2, 0) is 14.8 Å². The minimum Gasteiger partial charge on any atom is -0.497 e. The Balaban J connectivity index is 1.70. The third kappa shape index (κ3) is 4.54. The minimum atomic E-state index is -3.76. The smallest absolute Gasteiger partial charge is 0.246 e. The van der Waals surface area contributed by atoms with Crippen LogP contribution in [0.3, 0.4) is 0 Å². The standard InChI is InChI=1S/C21H26N2O5S/c1-15-6-4-5-7-18(15)22-21(24)16-10-12-23(13-11-16)29(25,26)20-14-17(27-2)8-9-19(20)28-3/h4-9,14,16H,10-13H2,1-3H3,(H,22,24). The normalized spacial score (nSPS) is 15.7. The first-order chi connectivity index (χ1) is 13.9. The molecule has 1 aliphatic rings. The molecule has 1 N–H and O–H groups in total. The Kier molecular flexibility index (Phi) is 6.44. The molecule has 29 heavy (non-hydrogen) atoms. The van der Waals surface area contributed by atoms with Crippen LogP contribution in [0.2, 0.25) is 0 Å². The van der Waals surface area contributed by atoms with E-state index in [9.17, 15) is 13.2 Å². The van der Waals surface area contributed by atoms with Gasteiger partial charge in [0.05, 0.1) is 14.2 Å². The third-order valence-corrected chi connectivity index (χ3v) is 7.14. The first kappa shape index (κ1) is 21.1. The number of hydrogen-bond acceptors (Lipinski definition) is 5. The number of rotatable bonds is 6. The maximum absolute atomic E-state index is 13.1. The Labute approximate surface area is 171 Å². The molecule has 8 heteroatoms. The second kappa shape index (κ2) is 8.84. The van der Waals surface area contributed by atoms with E-state index in [1.165, 1.54) is 24.6 Å². The fraction of sp³-hybridized carbons (Fsp3) is 0.381. The van der Waals surface area contributed by atoms with Gasteiger partial charge in [-0.1, -0.05) is 18.2 Å². The van der Waals surface area contributed by atoms with Crippen LogP contribution in [0.4, 0.5) is 5.69 Å². The van der Waals surface area contributed by atoms with Crippen molar-refractivity contribution in [2.45, 2.75) is 24.7 Å². The lowest BCUT2D eigenvalue weighted by molar-refractivity contribution is -0.120. The SMILES string of the molecule is COc1ccc(OC)c(S(=O)(=O)N2CCC(C(=O)Nc3ccccc3C)CC2)c1. The van der Waals surface area contributed by atoms with Crippen LogP contribution >= 0.6 is 0 Å². The van der Waals surface area contributed by atoms with E-state index in [-0.39, 0.29) is 35.6 Å². The molecule has 0 aliphatic carbocycles. The number of amides is 1. The number of aryl methyl sites for hydroxylation is 1. The molecule has 0 atom stereocenters. The van der Waals surface area contributed by atoms with Gasteiger partial charge in [0.15, 0.2) is 0 Å². The molecule has 156 valence electrons. The van der Waals surface area contributed by atoms with E-state index in [1.54, 1.807) is 12.1 Å². The Morgan fingerprint density at radius 2 is 1.76 bits per heavy atom. The number of nitrogens with zero attached hydrogens (tertiary/aromatic N) is 1. The van der Waals surface area contributed by atoms with E-state index in [1.807, 2.05) is 31.2 Å². The van der Waals surface area contributed by atoms with Crippen LogP contribution in [0.25, 0.3) is 0 Å². The average molecular weight is 419 g/mol. The van der Waals surface area contributed by atoms with Gasteiger partial charge >= 0.3 is 0 Å². The summed E-state index contributed by atoms with van der Waals surface area (Å²) in [6.07, 6.45) is 0.923. The van der Waals surface area contributed by atoms with E-state index in [0.29, 0.717) is 18.6 Å². The van der Waals surface area contributed by atoms with Crippen LogP contribution in [0, 0.1) is 12.8 Å². The Morgan fingerprint density at radius 1 is 1.07 bits per heavy atom. The van der Waals surface area contributed by atoms with Crippen molar-refractivity contribution in [3.8, 4) is 11.5 Å². The highest BCUT2D eigenvalue weighted by Crippen LogP contribution is 2.32. The minimum absolute atomic E-state index is 0.0714. The molecule has 0 unspecified atom stereocenters. The molecule has 1 amide bonds. The number of piperidine rings is 1. The van der Waals surface area contributed by atoms with E-state index < -0.39 is 10.0 Å². The van der Waals surface area contributed by atoms with E-state index in [2.05, 4.69) is 5.32 Å². The maximum Gasteiger partial charge on any atom is 0.246 e. The topological polar surface area (TPSA) is 84.9 Å². The molecule has 0 spiro atoms. The molecule has 1 aliphatic heterocycles. The molecule has 0 bridgehead atoms. The monoisotopic (exact) mass is 418 g/mol. The summed E-state index contributed by atoms with van der Waals surface area (Å²) in [4.78, 5) is 12.7. The molecule has 1 heterocycles. The number of ether oxygens (including phenoxy) is 2. The predicted octanol–water partition coefficient (Wildman–Crippen LogP) is 3.05. The van der Waals surface area contributed by atoms with Gasteiger partial charge in [-0.15, -0.1) is 0 Å². The van der Waals surface area contributed by atoms with Crippen LogP contribution in [0.1, 0.15) is 18.4 Å². The first-order valence-corrected chi connectivity index (χ1v) is 10.9. The summed E-state index contributed by atoms with van der Waals surface area (Å²) >= 11 is 0. The number of methoxy groups -OCH3 is 2. The maximum atomic E-state index is 13.1. The zero-order chi connectivity index (χ0) is 21.0. The number of benzene rings is 2. The van der Waals surface area contributed by atoms with Gasteiger partial charge in [0.2, 0.25) is 15.9 Å². The number of hydrogen-bond donors (Lipinski definition) is 1. The summed E-state index contributed by atoms with van der Waals surface area (Å²) in [6.45, 7) is 2.48. The van der Waals surface area contributed by atoms with Gasteiger partial charge in [0.1, 0.15) is 16.4 Å². The summed E-state index contributed by atoms with van der Waals surface area (Å²) in [5.41, 5.74) is 1.78. The van der Waals surface area contributed by atoms with Crippen molar-refractivity contribution >= 4 is 21.6 Å². The molecular weight excluding hydrogens is 392 g/mol. The number of sulfonamides is 1. The molecule has 1 fully saturated rings. The van der Waals surface area contributed by atoms with Gasteiger partial charge in [-0.3, -0.25) is 4.79 Å². The Morgan fingerprint density at radius 3 is 2.38 bits per heavy atom. The lowest BCUT2D eigenvalue weighted by Gasteiger charge is -2.31. The van der Waals surface area contributed by atoms with Crippen LogP contribution < -0.4 is 14.8 Å². The van der Waals surface area contributed by atoms with Gasteiger partial charge in [0, 0.05) is 30.8 Å². The fourth-order valence-corrected chi connectivity index (χ4v) is 5.07. The van der Waals surface area contributed by atoms with Crippen molar-refractivity contribution in [2.24, 2.45) is 5.92 Å². The fourth-order valence-electron chi connectivity index (χ4n) is 3.43. The van der Waals surface area contributed by atoms with E-state index >= 15 is 0 Å². The molecule has 0 saturated carbocycles. The lowest BCUT2D eigenvalue weighted by atomic mass is 9.97. The van der Waals surface area contributed by atoms with Crippen molar-refractivity contribution in [3.63, 3.8) is 0 Å². The molecule has 1 saturated heterocycles. The summed E-state index contributed by atoms with van der Waals surface area (Å²) in [7, 11) is -0.839. The van der Waals surface area contributed by atoms with Crippen molar-refractivity contribution < 1.29 is 22.7 Å². The summed E-state index contributed by atoms with van der Waals surface area (Å²) in [6, 6.07) is 12.3. The highest BCUT2D eigenvalue weighted by molar-refractivity contribution is 7.89. The van der Waals surface area contributed by atoms with Gasteiger partial charge < -0.3 is 14.8 Å². The van der Waals surface area contributed by atoms with Gasteiger partial charge in [-0.2, -0.15) is 4.31 Å². The second-order valence-electron chi connectivity index (χ2n) is 7.00. The summed E-state index contributed by atoms with van der Waals surface area (Å²) in [5.74, 6) is 0.408. The van der Waals surface area contributed by atoms with Gasteiger partial charge in [-0.25, -0.2) is 8.42 Å². The molecule has 0 aromatic heterocycles. The number of anilines is 1. The van der Waals surface area contributed by atoms with Crippen LogP contribution in [-0.4, -0.2) is 45.9 Å². The van der Waals surface area contributed by atoms with Gasteiger partial charge in [-0.05, 0) is 43.5 Å². The summed E-state index contributed by atoms with van der Waals surface area (Å²) in [5, 5.41) is 2.96. The summed E-state index contributed by atoms with van der Waals surface area (Å²) < 4.78 is 38.1. The first-order valence-electron chi connectivity index (χ1n) is 9.45. The zero-order valence-corrected chi connectivity index (χ0v) is 17.7. The van der Waals surface area contributed by atoms with Crippen molar-refractivity contribution in [3.05, 3.63) is 48.0 Å². The second-order valence-corrected chi connectivity index (χ2v) is 8.91. The number of carbonyl (C=O) groups is 1. The number of carbonyl (C=O) groups excluding carboxylic acids is 1. The highest BCUT2D eigenvalue weighted by Gasteiger charge is 2.34. The largest absolute Gasteiger partial charge is 0.497 e. The molecular formula is C21H26N2O5S. The van der Waals surface area contributed by atoms with E-state index in [4.69, 9.17) is 9.47 Å². The van der Waals surface area contributed by atoms with Crippen LogP contribution in [0.15, 0.2) is 47.4 Å². The van der Waals surface area contributed by atoms with Crippen molar-refractivity contribution in [1.82, 2.24) is 4.31 Å². The molecule has 2 aromatic rings. The Hall–Kier alpha value is -2.58. The quantitative estimate of drug-likeness (QED) is 0.779. The highest BCUT2D eigenvalue weighted by atomic mass is 32.2.